The summed E-state index contributed by atoms with van der Waals surface area (Å²) in [5.41, 5.74) is 2.89. The van der Waals surface area contributed by atoms with Crippen molar-refractivity contribution in [2.75, 3.05) is 0 Å². The second kappa shape index (κ2) is 3.62. The molecule has 0 fully saturated rings. The standard InChI is InChI=1S/C13H12O/c1-2-5-11-9-8-10-6-3-4-7-12(10)13(11)14/h2-7H,1,8-9H2. The maximum absolute atomic E-state index is 11.9. The number of rotatable bonds is 1. The van der Waals surface area contributed by atoms with E-state index in [4.69, 9.17) is 0 Å². The lowest BCUT2D eigenvalue weighted by molar-refractivity contribution is 0.102. The molecule has 0 spiro atoms. The fourth-order valence-electron chi connectivity index (χ4n) is 1.82. The second-order valence-corrected chi connectivity index (χ2v) is 3.41. The fraction of sp³-hybridized carbons (Fsp3) is 0.154. The molecule has 1 aromatic carbocycles. The van der Waals surface area contributed by atoms with E-state index in [1.54, 1.807) is 6.08 Å². The maximum Gasteiger partial charge on any atom is 0.189 e. The number of benzene rings is 1. The summed E-state index contributed by atoms with van der Waals surface area (Å²) in [7, 11) is 0. The van der Waals surface area contributed by atoms with Crippen molar-refractivity contribution >= 4 is 5.78 Å². The number of aryl methyl sites for hydroxylation is 1. The number of ketones is 1. The highest BCUT2D eigenvalue weighted by atomic mass is 16.1. The van der Waals surface area contributed by atoms with Crippen LogP contribution in [0.15, 0.2) is 48.6 Å². The van der Waals surface area contributed by atoms with Crippen LogP contribution in [0, 0.1) is 0 Å². The first-order valence-corrected chi connectivity index (χ1v) is 4.77. The van der Waals surface area contributed by atoms with Crippen molar-refractivity contribution in [2.24, 2.45) is 0 Å². The predicted octanol–water partition coefficient (Wildman–Crippen LogP) is 2.93. The van der Waals surface area contributed by atoms with E-state index in [-0.39, 0.29) is 5.78 Å². The smallest absolute Gasteiger partial charge is 0.189 e. The summed E-state index contributed by atoms with van der Waals surface area (Å²) < 4.78 is 0. The van der Waals surface area contributed by atoms with Gasteiger partial charge >= 0.3 is 0 Å². The Kier molecular flexibility index (Phi) is 2.32. The quantitative estimate of drug-likeness (QED) is 0.613. The van der Waals surface area contributed by atoms with Crippen LogP contribution in [0.3, 0.4) is 0 Å². The van der Waals surface area contributed by atoms with Crippen LogP contribution < -0.4 is 0 Å². The molecule has 0 atom stereocenters. The van der Waals surface area contributed by atoms with E-state index in [2.05, 4.69) is 6.58 Å². The summed E-state index contributed by atoms with van der Waals surface area (Å²) in [6.07, 6.45) is 5.29. The zero-order valence-electron chi connectivity index (χ0n) is 7.99. The highest BCUT2D eigenvalue weighted by Gasteiger charge is 2.20. The minimum absolute atomic E-state index is 0.159. The molecule has 0 amide bonds. The summed E-state index contributed by atoms with van der Waals surface area (Å²) in [4.78, 5) is 11.9. The Balaban J connectivity index is 2.46. The molecular formula is C13H12O. The van der Waals surface area contributed by atoms with Crippen LogP contribution >= 0.6 is 0 Å². The lowest BCUT2D eigenvalue weighted by atomic mass is 9.87. The zero-order valence-corrected chi connectivity index (χ0v) is 7.99. The molecule has 0 heterocycles. The summed E-state index contributed by atoms with van der Waals surface area (Å²) in [6, 6.07) is 7.81. The van der Waals surface area contributed by atoms with Crippen LogP contribution in [0.2, 0.25) is 0 Å². The predicted molar refractivity (Wildman–Crippen MR) is 57.4 cm³/mol. The van der Waals surface area contributed by atoms with Crippen molar-refractivity contribution in [1.82, 2.24) is 0 Å². The van der Waals surface area contributed by atoms with Gasteiger partial charge in [0.15, 0.2) is 5.78 Å². The fourth-order valence-corrected chi connectivity index (χ4v) is 1.82. The molecule has 0 N–H and O–H groups in total. The van der Waals surface area contributed by atoms with Crippen molar-refractivity contribution in [3.05, 3.63) is 59.7 Å². The molecule has 1 aliphatic rings. The monoisotopic (exact) mass is 184 g/mol. The Hall–Kier alpha value is -1.63. The van der Waals surface area contributed by atoms with E-state index >= 15 is 0 Å². The Bertz CT molecular complexity index is 413. The van der Waals surface area contributed by atoms with Crippen LogP contribution in [-0.2, 0) is 6.42 Å². The van der Waals surface area contributed by atoms with Gasteiger partial charge in [0, 0.05) is 11.1 Å². The Morgan fingerprint density at radius 1 is 1.21 bits per heavy atom. The summed E-state index contributed by atoms with van der Waals surface area (Å²) in [5, 5.41) is 0. The van der Waals surface area contributed by atoms with Gasteiger partial charge in [-0.1, -0.05) is 43.0 Å². The van der Waals surface area contributed by atoms with E-state index in [0.29, 0.717) is 0 Å². The number of fused-ring (bicyclic) bond motifs is 1. The number of carbonyl (C=O) groups is 1. The molecule has 1 nitrogen and oxygen atoms in total. The molecule has 70 valence electrons. The zero-order chi connectivity index (χ0) is 9.97. The van der Waals surface area contributed by atoms with Crippen molar-refractivity contribution in [1.29, 1.82) is 0 Å². The van der Waals surface area contributed by atoms with Crippen molar-refractivity contribution in [3.63, 3.8) is 0 Å². The third-order valence-corrected chi connectivity index (χ3v) is 2.54. The van der Waals surface area contributed by atoms with Crippen LogP contribution in [0.1, 0.15) is 22.3 Å². The van der Waals surface area contributed by atoms with Gasteiger partial charge in [0.25, 0.3) is 0 Å². The minimum Gasteiger partial charge on any atom is -0.289 e. The Morgan fingerprint density at radius 3 is 2.79 bits per heavy atom. The molecule has 0 aromatic heterocycles. The van der Waals surface area contributed by atoms with Crippen LogP contribution in [-0.4, -0.2) is 5.78 Å². The van der Waals surface area contributed by atoms with Gasteiger partial charge in [-0.3, -0.25) is 4.79 Å². The SMILES string of the molecule is C=CC=C1CCc2ccccc2C1=O. The van der Waals surface area contributed by atoms with Crippen LogP contribution in [0.5, 0.6) is 0 Å². The van der Waals surface area contributed by atoms with Crippen molar-refractivity contribution in [2.45, 2.75) is 12.8 Å². The van der Waals surface area contributed by atoms with Gasteiger partial charge in [0.05, 0.1) is 0 Å². The largest absolute Gasteiger partial charge is 0.289 e. The number of hydrogen-bond donors (Lipinski definition) is 0. The van der Waals surface area contributed by atoms with Gasteiger partial charge in [-0.15, -0.1) is 0 Å². The molecule has 1 aromatic rings. The highest BCUT2D eigenvalue weighted by molar-refractivity contribution is 6.10. The van der Waals surface area contributed by atoms with Crippen molar-refractivity contribution in [3.8, 4) is 0 Å². The summed E-state index contributed by atoms with van der Waals surface area (Å²) in [5.74, 6) is 0.159. The minimum atomic E-state index is 0.159. The van der Waals surface area contributed by atoms with Gasteiger partial charge < -0.3 is 0 Å². The van der Waals surface area contributed by atoms with E-state index < -0.39 is 0 Å². The molecule has 1 heteroatoms. The molecule has 0 unspecified atom stereocenters. The first-order valence-electron chi connectivity index (χ1n) is 4.77. The second-order valence-electron chi connectivity index (χ2n) is 3.41. The number of carbonyl (C=O) groups excluding carboxylic acids is 1. The molecule has 0 aliphatic heterocycles. The van der Waals surface area contributed by atoms with E-state index in [0.717, 1.165) is 24.0 Å². The number of hydrogen-bond acceptors (Lipinski definition) is 1. The normalized spacial score (nSPS) is 18.0. The maximum atomic E-state index is 11.9. The van der Waals surface area contributed by atoms with Gasteiger partial charge in [-0.2, -0.15) is 0 Å². The Labute approximate surface area is 83.8 Å². The van der Waals surface area contributed by atoms with E-state index in [9.17, 15) is 4.79 Å². The Morgan fingerprint density at radius 2 is 2.00 bits per heavy atom. The highest BCUT2D eigenvalue weighted by Crippen LogP contribution is 2.24. The molecule has 0 bridgehead atoms. The van der Waals surface area contributed by atoms with Gasteiger partial charge in [0.2, 0.25) is 0 Å². The summed E-state index contributed by atoms with van der Waals surface area (Å²) >= 11 is 0. The first kappa shape index (κ1) is 8.95. The third kappa shape index (κ3) is 1.41. The van der Waals surface area contributed by atoms with E-state index in [1.807, 2.05) is 30.3 Å². The molecule has 0 saturated carbocycles. The average molecular weight is 184 g/mol. The molecule has 0 saturated heterocycles. The van der Waals surface area contributed by atoms with Crippen LogP contribution in [0.25, 0.3) is 0 Å². The number of allylic oxidation sites excluding steroid dienone is 3. The van der Waals surface area contributed by atoms with E-state index in [1.165, 1.54) is 5.56 Å². The topological polar surface area (TPSA) is 17.1 Å². The van der Waals surface area contributed by atoms with Gasteiger partial charge in [-0.25, -0.2) is 0 Å². The molecule has 1 aliphatic carbocycles. The third-order valence-electron chi connectivity index (χ3n) is 2.54. The average Bonchev–Trinajstić information content (AvgIpc) is 2.23. The first-order chi connectivity index (χ1) is 6.83. The summed E-state index contributed by atoms with van der Waals surface area (Å²) in [6.45, 7) is 3.62. The van der Waals surface area contributed by atoms with Crippen LogP contribution in [0.4, 0.5) is 0 Å². The number of Topliss-reactive ketones (excluding diaryl/α,β-unsaturated/α-hetero) is 1. The molecular weight excluding hydrogens is 172 g/mol. The van der Waals surface area contributed by atoms with Crippen molar-refractivity contribution < 1.29 is 4.79 Å². The van der Waals surface area contributed by atoms with Gasteiger partial charge in [0.1, 0.15) is 0 Å². The molecule has 2 rings (SSSR count). The molecule has 0 radical (unpaired) electrons. The van der Waals surface area contributed by atoms with Gasteiger partial charge in [-0.05, 0) is 18.4 Å². The molecule has 14 heavy (non-hydrogen) atoms. The lowest BCUT2D eigenvalue weighted by Gasteiger charge is -2.16. The lowest BCUT2D eigenvalue weighted by Crippen LogP contribution is -2.13.